The van der Waals surface area contributed by atoms with Gasteiger partial charge in [0.05, 0.1) is 26.4 Å². The zero-order valence-corrected chi connectivity index (χ0v) is 14.4. The van der Waals surface area contributed by atoms with Crippen LogP contribution in [0.15, 0.2) is 54.6 Å². The molecule has 132 valence electrons. The molecular formula is C21H25NO3. The van der Waals surface area contributed by atoms with Crippen LogP contribution in [0.1, 0.15) is 17.0 Å². The number of likely N-dealkylation sites (tertiary alicyclic amines) is 1. The fraction of sp³-hybridized carbons (Fsp3) is 0.429. The van der Waals surface area contributed by atoms with Gasteiger partial charge < -0.3 is 14.6 Å². The predicted molar refractivity (Wildman–Crippen MR) is 96.7 cm³/mol. The normalized spacial score (nSPS) is 25.2. The van der Waals surface area contributed by atoms with Crippen LogP contribution in [0.3, 0.4) is 0 Å². The molecule has 4 nitrogen and oxygen atoms in total. The van der Waals surface area contributed by atoms with Gasteiger partial charge in [-0.15, -0.1) is 0 Å². The largest absolute Gasteiger partial charge is 0.493 e. The van der Waals surface area contributed by atoms with Crippen molar-refractivity contribution in [2.45, 2.75) is 12.5 Å². The average molecular weight is 339 g/mol. The number of para-hydroxylation sites is 1. The lowest BCUT2D eigenvalue weighted by molar-refractivity contribution is 0.0421. The number of ether oxygens (including phenoxy) is 2. The highest BCUT2D eigenvalue weighted by Gasteiger charge is 2.50. The number of hydrogen-bond acceptors (Lipinski definition) is 4. The van der Waals surface area contributed by atoms with Gasteiger partial charge in [-0.2, -0.15) is 0 Å². The Labute approximate surface area is 149 Å². The molecule has 2 aliphatic heterocycles. The Morgan fingerprint density at radius 2 is 1.92 bits per heavy atom. The number of nitrogens with zero attached hydrogens (tertiary/aromatic N) is 1. The van der Waals surface area contributed by atoms with Gasteiger partial charge in [0.2, 0.25) is 0 Å². The predicted octanol–water partition coefficient (Wildman–Crippen LogP) is 2.67. The molecule has 0 bridgehead atoms. The summed E-state index contributed by atoms with van der Waals surface area (Å²) < 4.78 is 11.8. The first-order valence-electron chi connectivity index (χ1n) is 8.97. The summed E-state index contributed by atoms with van der Waals surface area (Å²) in [7, 11) is 0. The molecule has 0 amide bonds. The SMILES string of the molecule is OC[C@@]12COc3ccccc3[C@@H]1CN(CCOCc1ccccc1)C2. The highest BCUT2D eigenvalue weighted by molar-refractivity contribution is 5.41. The van der Waals surface area contributed by atoms with E-state index in [9.17, 15) is 5.11 Å². The van der Waals surface area contributed by atoms with Gasteiger partial charge in [-0.25, -0.2) is 0 Å². The minimum Gasteiger partial charge on any atom is -0.493 e. The van der Waals surface area contributed by atoms with Crippen molar-refractivity contribution in [2.75, 3.05) is 39.5 Å². The molecule has 2 atom stereocenters. The zero-order chi connectivity index (χ0) is 17.1. The molecule has 0 spiro atoms. The molecule has 2 aromatic rings. The average Bonchev–Trinajstić information content (AvgIpc) is 3.06. The van der Waals surface area contributed by atoms with E-state index in [4.69, 9.17) is 9.47 Å². The molecule has 0 aromatic heterocycles. The number of fused-ring (bicyclic) bond motifs is 3. The highest BCUT2D eigenvalue weighted by atomic mass is 16.5. The number of benzene rings is 2. The topological polar surface area (TPSA) is 41.9 Å². The molecule has 1 saturated heterocycles. The van der Waals surface area contributed by atoms with Crippen LogP contribution in [-0.4, -0.2) is 49.5 Å². The van der Waals surface area contributed by atoms with Crippen molar-refractivity contribution in [1.29, 1.82) is 0 Å². The van der Waals surface area contributed by atoms with E-state index in [1.165, 1.54) is 11.1 Å². The standard InChI is InChI=1S/C21H25NO3/c23-15-21-14-22(10-11-24-13-17-6-2-1-3-7-17)12-19(21)18-8-4-5-9-20(18)25-16-21/h1-9,19,23H,10-16H2/t19-,21-/m0/s1. The van der Waals surface area contributed by atoms with Crippen molar-refractivity contribution in [2.24, 2.45) is 5.41 Å². The summed E-state index contributed by atoms with van der Waals surface area (Å²) in [5.41, 5.74) is 2.25. The van der Waals surface area contributed by atoms with Crippen LogP contribution in [0.5, 0.6) is 5.75 Å². The molecule has 2 aliphatic rings. The van der Waals surface area contributed by atoms with Crippen LogP contribution in [0.2, 0.25) is 0 Å². The molecule has 25 heavy (non-hydrogen) atoms. The highest BCUT2D eigenvalue weighted by Crippen LogP contribution is 2.49. The van der Waals surface area contributed by atoms with Gasteiger partial charge >= 0.3 is 0 Å². The van der Waals surface area contributed by atoms with Gasteiger partial charge in [0.15, 0.2) is 0 Å². The van der Waals surface area contributed by atoms with Gasteiger partial charge in [-0.05, 0) is 17.2 Å². The Balaban J connectivity index is 1.36. The van der Waals surface area contributed by atoms with Crippen molar-refractivity contribution in [3.05, 3.63) is 65.7 Å². The molecule has 1 N–H and O–H groups in total. The lowest BCUT2D eigenvalue weighted by atomic mass is 9.74. The van der Waals surface area contributed by atoms with Crippen LogP contribution < -0.4 is 4.74 Å². The molecule has 0 unspecified atom stereocenters. The third-order valence-electron chi connectivity index (χ3n) is 5.51. The molecule has 4 heteroatoms. The van der Waals surface area contributed by atoms with Crippen LogP contribution >= 0.6 is 0 Å². The van der Waals surface area contributed by atoms with Crippen molar-refractivity contribution in [3.8, 4) is 5.75 Å². The summed E-state index contributed by atoms with van der Waals surface area (Å²) in [4.78, 5) is 2.40. The first-order chi connectivity index (χ1) is 12.3. The summed E-state index contributed by atoms with van der Waals surface area (Å²) in [6.07, 6.45) is 0. The Hall–Kier alpha value is -1.88. The summed E-state index contributed by atoms with van der Waals surface area (Å²) in [6, 6.07) is 18.5. The van der Waals surface area contributed by atoms with E-state index < -0.39 is 0 Å². The molecule has 2 heterocycles. The molecule has 0 saturated carbocycles. The van der Waals surface area contributed by atoms with E-state index >= 15 is 0 Å². The van der Waals surface area contributed by atoms with Crippen molar-refractivity contribution >= 4 is 0 Å². The number of aliphatic hydroxyl groups is 1. The van der Waals surface area contributed by atoms with Crippen molar-refractivity contribution in [3.63, 3.8) is 0 Å². The van der Waals surface area contributed by atoms with E-state index in [0.717, 1.165) is 25.4 Å². The first kappa shape index (κ1) is 16.6. The minimum atomic E-state index is -0.187. The second-order valence-corrected chi connectivity index (χ2v) is 7.17. The summed E-state index contributed by atoms with van der Waals surface area (Å²) >= 11 is 0. The number of rotatable bonds is 6. The minimum absolute atomic E-state index is 0.160. The first-order valence-corrected chi connectivity index (χ1v) is 8.97. The molecular weight excluding hydrogens is 314 g/mol. The van der Waals surface area contributed by atoms with Crippen LogP contribution in [-0.2, 0) is 11.3 Å². The van der Waals surface area contributed by atoms with E-state index in [-0.39, 0.29) is 12.0 Å². The lowest BCUT2D eigenvalue weighted by Crippen LogP contribution is -2.42. The summed E-state index contributed by atoms with van der Waals surface area (Å²) in [6.45, 7) is 4.79. The van der Waals surface area contributed by atoms with E-state index in [0.29, 0.717) is 25.7 Å². The molecule has 2 aromatic carbocycles. The Morgan fingerprint density at radius 1 is 1.12 bits per heavy atom. The fourth-order valence-corrected chi connectivity index (χ4v) is 4.10. The monoisotopic (exact) mass is 339 g/mol. The van der Waals surface area contributed by atoms with Crippen LogP contribution in [0.25, 0.3) is 0 Å². The third-order valence-corrected chi connectivity index (χ3v) is 5.51. The van der Waals surface area contributed by atoms with Gasteiger partial charge in [0.1, 0.15) is 5.75 Å². The van der Waals surface area contributed by atoms with Crippen molar-refractivity contribution < 1.29 is 14.6 Å². The number of aliphatic hydroxyl groups excluding tert-OH is 1. The second kappa shape index (κ2) is 7.16. The van der Waals surface area contributed by atoms with Crippen molar-refractivity contribution in [1.82, 2.24) is 4.90 Å². The van der Waals surface area contributed by atoms with E-state index in [2.05, 4.69) is 29.2 Å². The fourth-order valence-electron chi connectivity index (χ4n) is 4.10. The van der Waals surface area contributed by atoms with Gasteiger partial charge in [0.25, 0.3) is 0 Å². The molecule has 4 rings (SSSR count). The number of hydrogen-bond donors (Lipinski definition) is 1. The maximum atomic E-state index is 10.1. The maximum absolute atomic E-state index is 10.1. The van der Waals surface area contributed by atoms with Gasteiger partial charge in [-0.1, -0.05) is 48.5 Å². The Bertz CT molecular complexity index is 705. The third kappa shape index (κ3) is 3.30. The van der Waals surface area contributed by atoms with Gasteiger partial charge in [-0.3, -0.25) is 4.90 Å². The van der Waals surface area contributed by atoms with E-state index in [1.807, 2.05) is 30.3 Å². The zero-order valence-electron chi connectivity index (χ0n) is 14.4. The summed E-state index contributed by atoms with van der Waals surface area (Å²) in [5, 5.41) is 10.1. The van der Waals surface area contributed by atoms with Crippen LogP contribution in [0.4, 0.5) is 0 Å². The summed E-state index contributed by atoms with van der Waals surface area (Å²) in [5.74, 6) is 1.30. The van der Waals surface area contributed by atoms with Gasteiger partial charge in [0, 0.05) is 31.0 Å². The Kier molecular flexibility index (Phi) is 4.75. The van der Waals surface area contributed by atoms with E-state index in [1.54, 1.807) is 0 Å². The molecule has 0 radical (unpaired) electrons. The second-order valence-electron chi connectivity index (χ2n) is 7.17. The van der Waals surface area contributed by atoms with Crippen LogP contribution in [0, 0.1) is 5.41 Å². The smallest absolute Gasteiger partial charge is 0.122 e. The lowest BCUT2D eigenvalue weighted by Gasteiger charge is -2.38. The molecule has 0 aliphatic carbocycles. The maximum Gasteiger partial charge on any atom is 0.122 e. The molecule has 1 fully saturated rings. The Morgan fingerprint density at radius 3 is 2.76 bits per heavy atom. The quantitative estimate of drug-likeness (QED) is 0.822.